The highest BCUT2D eigenvalue weighted by Gasteiger charge is 2.39. The summed E-state index contributed by atoms with van der Waals surface area (Å²) in [5, 5.41) is -0.313. The Kier molecular flexibility index (Phi) is 6.64. The Bertz CT molecular complexity index is 791. The molecule has 160 valence electrons. The predicted octanol–water partition coefficient (Wildman–Crippen LogP) is 5.53. The molecule has 1 saturated carbocycles. The first kappa shape index (κ1) is 22.2. The van der Waals surface area contributed by atoms with Crippen molar-refractivity contribution in [2.24, 2.45) is 0 Å². The molecule has 0 spiro atoms. The molecule has 29 heavy (non-hydrogen) atoms. The summed E-state index contributed by atoms with van der Waals surface area (Å²) >= 11 is 12.1. The van der Waals surface area contributed by atoms with Crippen LogP contribution in [-0.4, -0.2) is 52.6 Å². The molecule has 5 nitrogen and oxygen atoms in total. The minimum Gasteiger partial charge on any atom is -0.444 e. The van der Waals surface area contributed by atoms with Crippen LogP contribution in [0.2, 0.25) is 10.0 Å². The van der Waals surface area contributed by atoms with Crippen LogP contribution in [0, 0.1) is 5.82 Å². The largest absolute Gasteiger partial charge is 0.444 e. The molecular formula is C21H27Cl2FN2O3. The van der Waals surface area contributed by atoms with E-state index in [0.29, 0.717) is 19.5 Å². The molecule has 1 saturated heterocycles. The zero-order chi connectivity index (χ0) is 21.3. The summed E-state index contributed by atoms with van der Waals surface area (Å²) in [4.78, 5) is 29.4. The normalized spacial score (nSPS) is 20.2. The van der Waals surface area contributed by atoms with Crippen LogP contribution in [0.1, 0.15) is 63.2 Å². The second-order valence-electron chi connectivity index (χ2n) is 8.74. The van der Waals surface area contributed by atoms with Gasteiger partial charge in [-0.2, -0.15) is 0 Å². The van der Waals surface area contributed by atoms with E-state index in [1.165, 1.54) is 6.07 Å². The predicted molar refractivity (Wildman–Crippen MR) is 111 cm³/mol. The quantitative estimate of drug-likeness (QED) is 0.576. The maximum absolute atomic E-state index is 13.7. The topological polar surface area (TPSA) is 49.9 Å². The molecule has 0 radical (unpaired) electrons. The van der Waals surface area contributed by atoms with Crippen molar-refractivity contribution in [2.45, 2.75) is 70.6 Å². The SMILES string of the molecule is CC(C)(C)OC(=O)N1CC[C@H](N(C(=O)c2ccc(F)c(Cl)c2Cl)C2CCCC2)C1. The van der Waals surface area contributed by atoms with Crippen molar-refractivity contribution in [3.63, 3.8) is 0 Å². The minimum absolute atomic E-state index is 0.0679. The van der Waals surface area contributed by atoms with Crippen LogP contribution < -0.4 is 0 Å². The summed E-state index contributed by atoms with van der Waals surface area (Å²) in [6.45, 7) is 6.41. The van der Waals surface area contributed by atoms with Crippen molar-refractivity contribution in [3.8, 4) is 0 Å². The second kappa shape index (κ2) is 8.68. The van der Waals surface area contributed by atoms with Gasteiger partial charge in [0.1, 0.15) is 11.4 Å². The number of ether oxygens (including phenoxy) is 1. The number of amides is 2. The Labute approximate surface area is 181 Å². The number of halogens is 3. The standard InChI is InChI=1S/C21H27Cl2FN2O3/c1-21(2,3)29-20(28)25-11-10-14(12-25)26(13-6-4-5-7-13)19(27)15-8-9-16(24)18(23)17(15)22/h8-9,13-14H,4-7,10-12H2,1-3H3/t14-/m0/s1. The molecule has 0 N–H and O–H groups in total. The zero-order valence-electron chi connectivity index (χ0n) is 17.0. The van der Waals surface area contributed by atoms with Crippen molar-refractivity contribution >= 4 is 35.2 Å². The molecule has 0 aromatic heterocycles. The van der Waals surface area contributed by atoms with Gasteiger partial charge in [-0.15, -0.1) is 0 Å². The molecule has 3 rings (SSSR count). The fourth-order valence-corrected chi connectivity index (χ4v) is 4.50. The minimum atomic E-state index is -0.655. The third-order valence-electron chi connectivity index (χ3n) is 5.43. The number of likely N-dealkylation sites (tertiary alicyclic amines) is 1. The van der Waals surface area contributed by atoms with Crippen molar-refractivity contribution in [1.82, 2.24) is 9.80 Å². The summed E-state index contributed by atoms with van der Waals surface area (Å²) in [6.07, 6.45) is 4.20. The van der Waals surface area contributed by atoms with Crippen molar-refractivity contribution in [3.05, 3.63) is 33.6 Å². The van der Waals surface area contributed by atoms with E-state index in [2.05, 4.69) is 0 Å². The van der Waals surface area contributed by atoms with E-state index in [9.17, 15) is 14.0 Å². The number of hydrogen-bond donors (Lipinski definition) is 0. The molecule has 8 heteroatoms. The zero-order valence-corrected chi connectivity index (χ0v) is 18.5. The van der Waals surface area contributed by atoms with Gasteiger partial charge in [0.15, 0.2) is 0 Å². The summed E-state index contributed by atoms with van der Waals surface area (Å²) in [5.74, 6) is -0.919. The van der Waals surface area contributed by atoms with Gasteiger partial charge in [0.2, 0.25) is 0 Å². The van der Waals surface area contributed by atoms with Gasteiger partial charge in [0.05, 0.1) is 21.7 Å². The molecule has 2 aliphatic rings. The Balaban J connectivity index is 1.83. The van der Waals surface area contributed by atoms with Crippen LogP contribution in [-0.2, 0) is 4.74 Å². The first-order chi connectivity index (χ1) is 13.6. The fourth-order valence-electron chi connectivity index (χ4n) is 4.10. The van der Waals surface area contributed by atoms with E-state index in [1.54, 1.807) is 4.90 Å². The first-order valence-corrected chi connectivity index (χ1v) is 10.8. The molecule has 1 heterocycles. The van der Waals surface area contributed by atoms with Crippen molar-refractivity contribution in [1.29, 1.82) is 0 Å². The van der Waals surface area contributed by atoms with Crippen LogP contribution in [0.15, 0.2) is 12.1 Å². The highest BCUT2D eigenvalue weighted by Crippen LogP contribution is 2.34. The number of hydrogen-bond acceptors (Lipinski definition) is 3. The molecule has 1 aliphatic carbocycles. The Morgan fingerprint density at radius 3 is 2.38 bits per heavy atom. The lowest BCUT2D eigenvalue weighted by molar-refractivity contribution is 0.0265. The third kappa shape index (κ3) is 4.97. The third-order valence-corrected chi connectivity index (χ3v) is 6.29. The summed E-state index contributed by atoms with van der Waals surface area (Å²) in [7, 11) is 0. The van der Waals surface area contributed by atoms with Crippen LogP contribution in [0.3, 0.4) is 0 Å². The molecule has 0 bridgehead atoms. The van der Waals surface area contributed by atoms with Gasteiger partial charge in [-0.1, -0.05) is 36.0 Å². The maximum Gasteiger partial charge on any atom is 0.410 e. The Morgan fingerprint density at radius 2 is 1.76 bits per heavy atom. The van der Waals surface area contributed by atoms with E-state index in [-0.39, 0.29) is 39.7 Å². The lowest BCUT2D eigenvalue weighted by Crippen LogP contribution is -2.48. The average Bonchev–Trinajstić information content (AvgIpc) is 3.31. The maximum atomic E-state index is 13.7. The molecule has 1 aromatic carbocycles. The summed E-state index contributed by atoms with van der Waals surface area (Å²) < 4.78 is 19.2. The van der Waals surface area contributed by atoms with Gasteiger partial charge in [0, 0.05) is 19.1 Å². The molecule has 0 unspecified atom stereocenters. The molecule has 1 atom stereocenters. The first-order valence-electron chi connectivity index (χ1n) is 10.0. The van der Waals surface area contributed by atoms with Crippen LogP contribution >= 0.6 is 23.2 Å². The van der Waals surface area contributed by atoms with Gasteiger partial charge < -0.3 is 14.5 Å². The van der Waals surface area contributed by atoms with E-state index < -0.39 is 11.4 Å². The number of rotatable bonds is 3. The van der Waals surface area contributed by atoms with Crippen molar-refractivity contribution in [2.75, 3.05) is 13.1 Å². The lowest BCUT2D eigenvalue weighted by Gasteiger charge is -2.35. The average molecular weight is 445 g/mol. The van der Waals surface area contributed by atoms with E-state index in [4.69, 9.17) is 27.9 Å². The van der Waals surface area contributed by atoms with E-state index in [0.717, 1.165) is 31.7 Å². The molecule has 2 amide bonds. The highest BCUT2D eigenvalue weighted by molar-refractivity contribution is 6.44. The summed E-state index contributed by atoms with van der Waals surface area (Å²) in [6, 6.07) is 2.48. The molecular weight excluding hydrogens is 418 g/mol. The van der Waals surface area contributed by atoms with Crippen LogP contribution in [0.4, 0.5) is 9.18 Å². The van der Waals surface area contributed by atoms with Crippen LogP contribution in [0.5, 0.6) is 0 Å². The van der Waals surface area contributed by atoms with Crippen LogP contribution in [0.25, 0.3) is 0 Å². The number of carbonyl (C=O) groups is 2. The lowest BCUT2D eigenvalue weighted by atomic mass is 10.1. The second-order valence-corrected chi connectivity index (χ2v) is 9.50. The molecule has 1 aromatic rings. The van der Waals surface area contributed by atoms with E-state index >= 15 is 0 Å². The van der Waals surface area contributed by atoms with Gasteiger partial charge in [-0.05, 0) is 52.2 Å². The van der Waals surface area contributed by atoms with Gasteiger partial charge in [0.25, 0.3) is 5.91 Å². The van der Waals surface area contributed by atoms with Crippen molar-refractivity contribution < 1.29 is 18.7 Å². The highest BCUT2D eigenvalue weighted by atomic mass is 35.5. The van der Waals surface area contributed by atoms with Gasteiger partial charge in [-0.25, -0.2) is 9.18 Å². The summed E-state index contributed by atoms with van der Waals surface area (Å²) in [5.41, 5.74) is -0.380. The van der Waals surface area contributed by atoms with E-state index in [1.807, 2.05) is 25.7 Å². The Hall–Kier alpha value is -1.53. The van der Waals surface area contributed by atoms with Gasteiger partial charge >= 0.3 is 6.09 Å². The number of carbonyl (C=O) groups excluding carboxylic acids is 2. The smallest absolute Gasteiger partial charge is 0.410 e. The number of benzene rings is 1. The Morgan fingerprint density at radius 1 is 1.10 bits per heavy atom. The molecule has 1 aliphatic heterocycles. The fraction of sp³-hybridized carbons (Fsp3) is 0.619. The van der Waals surface area contributed by atoms with Gasteiger partial charge in [-0.3, -0.25) is 4.79 Å². The number of nitrogens with zero attached hydrogens (tertiary/aromatic N) is 2. The monoisotopic (exact) mass is 444 g/mol. The molecule has 2 fully saturated rings.